The van der Waals surface area contributed by atoms with Crippen LogP contribution in [0.15, 0.2) is 58.9 Å². The molecule has 18 nitrogen and oxygen atoms in total. The van der Waals surface area contributed by atoms with Crippen molar-refractivity contribution in [2.75, 3.05) is 37.0 Å². The Hall–Kier alpha value is -5.50. The first-order valence-corrected chi connectivity index (χ1v) is 16.6. The Balaban J connectivity index is 1.42. The van der Waals surface area contributed by atoms with Crippen molar-refractivity contribution in [2.45, 2.75) is 28.9 Å². The van der Waals surface area contributed by atoms with Crippen molar-refractivity contribution in [1.82, 2.24) is 30.7 Å². The number of hydrogen-bond acceptors (Lipinski definition) is 13. The van der Waals surface area contributed by atoms with Gasteiger partial charge in [-0.2, -0.15) is 0 Å². The van der Waals surface area contributed by atoms with E-state index in [0.29, 0.717) is 10.5 Å². The molecule has 1 aromatic heterocycles. The highest BCUT2D eigenvalue weighted by molar-refractivity contribution is 8.01. The molecule has 258 valence electrons. The highest BCUT2D eigenvalue weighted by Crippen LogP contribution is 2.46. The lowest BCUT2D eigenvalue weighted by Gasteiger charge is -2.57. The van der Waals surface area contributed by atoms with Gasteiger partial charge in [-0.25, -0.2) is 10.6 Å². The molecular formula is C29H30N8O10S2. The van der Waals surface area contributed by atoms with Gasteiger partial charge in [0.15, 0.2) is 23.9 Å². The molecule has 2 aromatic rings. The number of phenols is 2. The van der Waals surface area contributed by atoms with Crippen LogP contribution in [0.5, 0.6) is 11.5 Å². The third kappa shape index (κ3) is 6.51. The largest absolute Gasteiger partial charge is 0.543 e. The van der Waals surface area contributed by atoms with Crippen molar-refractivity contribution in [1.29, 1.82) is 0 Å². The summed E-state index contributed by atoms with van der Waals surface area (Å²) in [6.07, 6.45) is 3.34. The highest BCUT2D eigenvalue weighted by Gasteiger charge is 2.65. The molecule has 0 spiro atoms. The number of fused-ring (bicyclic) bond motifs is 1. The first-order valence-electron chi connectivity index (χ1n) is 14.6. The summed E-state index contributed by atoms with van der Waals surface area (Å²) >= 11 is 2.34. The van der Waals surface area contributed by atoms with Crippen molar-refractivity contribution in [3.8, 4) is 11.5 Å². The fourth-order valence-corrected chi connectivity index (χ4v) is 7.89. The van der Waals surface area contributed by atoms with E-state index >= 15 is 0 Å². The van der Waals surface area contributed by atoms with Gasteiger partial charge in [0.05, 0.1) is 11.7 Å². The minimum absolute atomic E-state index is 0.0365. The Kier molecular flexibility index (Phi) is 9.90. The van der Waals surface area contributed by atoms with Crippen LogP contribution in [0.3, 0.4) is 0 Å². The first kappa shape index (κ1) is 34.8. The van der Waals surface area contributed by atoms with Crippen LogP contribution in [0.1, 0.15) is 18.5 Å². The number of nitrogen functional groups attached to an aromatic ring is 1. The van der Waals surface area contributed by atoms with Gasteiger partial charge in [-0.15, -0.1) is 23.5 Å². The van der Waals surface area contributed by atoms with Crippen LogP contribution in [0.4, 0.5) is 4.79 Å². The number of urea groups is 1. The van der Waals surface area contributed by atoms with Crippen LogP contribution in [-0.2, 0) is 28.8 Å². The number of carbonyl (C=O) groups is 7. The van der Waals surface area contributed by atoms with Gasteiger partial charge in [0.25, 0.3) is 5.91 Å². The number of nitrogens with two attached hydrogens (primary N) is 1. The lowest BCUT2D eigenvalue weighted by atomic mass is 9.94. The number of hydrogen-bond donors (Lipinski definition) is 6. The van der Waals surface area contributed by atoms with E-state index in [1.807, 2.05) is 0 Å². The zero-order chi connectivity index (χ0) is 35.6. The summed E-state index contributed by atoms with van der Waals surface area (Å²) < 4.78 is 1.33. The second kappa shape index (κ2) is 13.9. The summed E-state index contributed by atoms with van der Waals surface area (Å²) in [5, 5.41) is 38.2. The van der Waals surface area contributed by atoms with E-state index in [-0.39, 0.29) is 43.1 Å². The van der Waals surface area contributed by atoms with Crippen LogP contribution >= 0.6 is 23.5 Å². The number of amides is 7. The van der Waals surface area contributed by atoms with E-state index in [2.05, 4.69) is 16.0 Å². The number of carbonyl (C=O) groups excluding carboxylic acids is 7. The molecule has 3 aliphatic heterocycles. The number of carboxylic acids is 1. The molecule has 0 bridgehead atoms. The summed E-state index contributed by atoms with van der Waals surface area (Å²) in [4.78, 5) is 93.7. The Morgan fingerprint density at radius 3 is 2.49 bits per heavy atom. The standard InChI is InChI=1S/C29H30N8O10S2/c1-2-34-9-10-36(24(43)23(34)42)28(47)32-20(15-3-4-18(39)19(40)11-15)22(41)33-29(31-14-38)26(46)37-21(25(44)45)16(13-49-27(29)37)12-48-17-5-7-35(30)8-6-17/h3-8,11,14,20,27H,2,9-10,12-13,30H2,1H3,(H5-,31,32,33,38,39,40,41,42,43,44,45,47)/t20?,27-,29-/m1/s1. The van der Waals surface area contributed by atoms with Crippen molar-refractivity contribution in [2.24, 2.45) is 0 Å². The predicted octanol–water partition coefficient (Wildman–Crippen LogP) is -3.19. The number of nitrogens with one attached hydrogen (secondary N) is 3. The second-order valence-corrected chi connectivity index (χ2v) is 13.0. The normalized spacial score (nSPS) is 21.0. The lowest BCUT2D eigenvalue weighted by molar-refractivity contribution is -0.639. The fourth-order valence-electron chi connectivity index (χ4n) is 5.45. The van der Waals surface area contributed by atoms with Gasteiger partial charge in [0.1, 0.15) is 11.4 Å². The summed E-state index contributed by atoms with van der Waals surface area (Å²) in [6, 6.07) is 3.66. The minimum atomic E-state index is -2.20. The molecule has 7 N–H and O–H groups in total. The molecule has 1 aromatic carbocycles. The van der Waals surface area contributed by atoms with E-state index in [4.69, 9.17) is 5.84 Å². The Labute approximate surface area is 286 Å². The number of likely N-dealkylation sites (N-methyl/N-ethyl adjacent to an activating group) is 1. The average molecular weight is 715 g/mol. The molecule has 0 radical (unpaired) electrons. The number of thioether (sulfide) groups is 2. The number of imide groups is 1. The topological polar surface area (TPSA) is 259 Å². The van der Waals surface area contributed by atoms with Crippen molar-refractivity contribution < 1.29 is 53.6 Å². The van der Waals surface area contributed by atoms with Gasteiger partial charge < -0.3 is 41.0 Å². The SMILES string of the molecule is CCN1CCN(C(=O)NC(C(=O)N[C@]2(NC=O)C(=O)N3C(C(=O)[O-])=C(CSc4cc[n+](N)cc4)CS[C@@H]32)c2ccc(O)c(O)c2)C(=O)C1=O. The number of aromatic hydroxyl groups is 2. The number of carboxylic acid groups (broad SMARTS) is 1. The number of benzene rings is 1. The Morgan fingerprint density at radius 2 is 1.86 bits per heavy atom. The molecule has 0 aliphatic carbocycles. The number of pyridine rings is 1. The molecule has 5 rings (SSSR count). The van der Waals surface area contributed by atoms with Gasteiger partial charge in [0, 0.05) is 48.2 Å². The fraction of sp³-hybridized carbons (Fsp3) is 0.310. The molecule has 3 aliphatic rings. The van der Waals surface area contributed by atoms with E-state index < -0.39 is 69.9 Å². The molecule has 0 saturated carbocycles. The third-order valence-electron chi connectivity index (χ3n) is 7.99. The van der Waals surface area contributed by atoms with Crippen molar-refractivity contribution in [3.63, 3.8) is 0 Å². The number of aliphatic carboxylic acids is 1. The third-order valence-corrected chi connectivity index (χ3v) is 10.5. The van der Waals surface area contributed by atoms with Crippen LogP contribution < -0.4 is 31.6 Å². The maximum Gasteiger partial charge on any atom is 0.325 e. The molecule has 20 heteroatoms. The Morgan fingerprint density at radius 1 is 1.14 bits per heavy atom. The molecular weight excluding hydrogens is 684 g/mol. The highest BCUT2D eigenvalue weighted by atomic mass is 32.2. The second-order valence-electron chi connectivity index (χ2n) is 10.9. The van der Waals surface area contributed by atoms with Crippen LogP contribution in [-0.4, -0.2) is 109 Å². The van der Waals surface area contributed by atoms with E-state index in [0.717, 1.165) is 33.7 Å². The van der Waals surface area contributed by atoms with E-state index in [9.17, 15) is 48.9 Å². The van der Waals surface area contributed by atoms with Crippen LogP contribution in [0, 0.1) is 0 Å². The molecule has 3 atom stereocenters. The molecule has 1 unspecified atom stereocenters. The first-order chi connectivity index (χ1) is 23.3. The maximum absolute atomic E-state index is 13.9. The summed E-state index contributed by atoms with van der Waals surface area (Å²) in [6.45, 7) is 1.72. The molecule has 49 heavy (non-hydrogen) atoms. The summed E-state index contributed by atoms with van der Waals surface area (Å²) in [5.74, 6) is -1.24. The summed E-state index contributed by atoms with van der Waals surface area (Å²) in [5.41, 5.74) is -2.39. The van der Waals surface area contributed by atoms with Crippen molar-refractivity contribution >= 4 is 65.6 Å². The number of β-lactam (4-membered cyclic amide) rings is 1. The molecule has 4 heterocycles. The lowest BCUT2D eigenvalue weighted by Crippen LogP contribution is -2.85. The van der Waals surface area contributed by atoms with Gasteiger partial charge in [-0.05, 0) is 30.2 Å². The van der Waals surface area contributed by atoms with Crippen molar-refractivity contribution in [3.05, 3.63) is 59.6 Å². The maximum atomic E-state index is 13.9. The number of rotatable bonds is 11. The molecule has 2 fully saturated rings. The number of phenolic OH excluding ortho intramolecular Hbond substituents is 2. The molecule has 2 saturated heterocycles. The van der Waals surface area contributed by atoms with Crippen LogP contribution in [0.2, 0.25) is 0 Å². The van der Waals surface area contributed by atoms with Crippen LogP contribution in [0.25, 0.3) is 0 Å². The van der Waals surface area contributed by atoms with E-state index in [1.54, 1.807) is 31.5 Å². The van der Waals surface area contributed by atoms with Gasteiger partial charge in [-0.3, -0.25) is 33.8 Å². The van der Waals surface area contributed by atoms with Gasteiger partial charge in [-0.1, -0.05) is 10.7 Å². The quantitative estimate of drug-likeness (QED) is 0.0196. The predicted molar refractivity (Wildman–Crippen MR) is 168 cm³/mol. The van der Waals surface area contributed by atoms with E-state index in [1.165, 1.54) is 27.4 Å². The number of piperazine rings is 1. The number of aromatic nitrogens is 1. The number of nitrogens with zero attached hydrogens (tertiary/aromatic N) is 4. The monoisotopic (exact) mass is 714 g/mol. The zero-order valence-electron chi connectivity index (χ0n) is 25.7. The minimum Gasteiger partial charge on any atom is -0.543 e. The molecule has 7 amide bonds. The van der Waals surface area contributed by atoms with Gasteiger partial charge >= 0.3 is 17.8 Å². The summed E-state index contributed by atoms with van der Waals surface area (Å²) in [7, 11) is 0. The van der Waals surface area contributed by atoms with Gasteiger partial charge in [0.2, 0.25) is 18.0 Å². The Bertz CT molecular complexity index is 1770. The average Bonchev–Trinajstić information content (AvgIpc) is 3.08. The zero-order valence-corrected chi connectivity index (χ0v) is 27.3. The smallest absolute Gasteiger partial charge is 0.325 e.